The molecular formula is C15H15N7. The second kappa shape index (κ2) is 6.18. The molecule has 110 valence electrons. The Labute approximate surface area is 127 Å². The van der Waals surface area contributed by atoms with Gasteiger partial charge in [-0.05, 0) is 19.1 Å². The number of fused-ring (bicyclic) bond motifs is 1. The highest BCUT2D eigenvalue weighted by atomic mass is 15.3. The van der Waals surface area contributed by atoms with Crippen LogP contribution < -0.4 is 5.32 Å². The predicted molar refractivity (Wildman–Crippen MR) is 81.8 cm³/mol. The predicted octanol–water partition coefficient (Wildman–Crippen LogP) is 2.31. The van der Waals surface area contributed by atoms with Gasteiger partial charge in [0.1, 0.15) is 12.1 Å². The van der Waals surface area contributed by atoms with Gasteiger partial charge >= 0.3 is 0 Å². The fourth-order valence-corrected chi connectivity index (χ4v) is 2.24. The summed E-state index contributed by atoms with van der Waals surface area (Å²) in [5, 5.41) is 17.1. The molecule has 3 rings (SSSR count). The first-order chi connectivity index (χ1) is 10.8. The highest BCUT2D eigenvalue weighted by Crippen LogP contribution is 2.23. The number of aromatic nitrogens is 5. The average molecular weight is 293 g/mol. The van der Waals surface area contributed by atoms with Crippen LogP contribution in [0.25, 0.3) is 11.0 Å². The summed E-state index contributed by atoms with van der Waals surface area (Å²) in [6, 6.07) is 7.93. The van der Waals surface area contributed by atoms with Crippen LogP contribution in [-0.2, 0) is 6.54 Å². The fourth-order valence-electron chi connectivity index (χ4n) is 2.24. The second-order valence-electron chi connectivity index (χ2n) is 4.86. The average Bonchev–Trinajstić information content (AvgIpc) is 2.98. The molecule has 0 amide bonds. The van der Waals surface area contributed by atoms with Crippen molar-refractivity contribution in [3.05, 3.63) is 42.6 Å². The van der Waals surface area contributed by atoms with Gasteiger partial charge in [-0.3, -0.25) is 4.98 Å². The van der Waals surface area contributed by atoms with Crippen LogP contribution in [0, 0.1) is 11.3 Å². The molecule has 0 aliphatic heterocycles. The standard InChI is InChI=1S/C15H15N7/c1-11(13-5-2-3-7-17-13)21-14-12-9-20-22(8-4-6-16)15(12)19-10-18-14/h2-3,5,7,9-11H,4,8H2,1H3,(H,18,19,21). The minimum Gasteiger partial charge on any atom is -0.361 e. The van der Waals surface area contributed by atoms with Crippen LogP contribution in [0.2, 0.25) is 0 Å². The molecule has 1 unspecified atom stereocenters. The lowest BCUT2D eigenvalue weighted by molar-refractivity contribution is 0.643. The summed E-state index contributed by atoms with van der Waals surface area (Å²) in [7, 11) is 0. The monoisotopic (exact) mass is 293 g/mol. The number of rotatable bonds is 5. The summed E-state index contributed by atoms with van der Waals surface area (Å²) < 4.78 is 1.72. The van der Waals surface area contributed by atoms with Crippen molar-refractivity contribution in [3.63, 3.8) is 0 Å². The Morgan fingerprint density at radius 3 is 3.00 bits per heavy atom. The van der Waals surface area contributed by atoms with Gasteiger partial charge < -0.3 is 5.32 Å². The van der Waals surface area contributed by atoms with E-state index in [9.17, 15) is 0 Å². The van der Waals surface area contributed by atoms with Crippen molar-refractivity contribution in [3.8, 4) is 6.07 Å². The Balaban J connectivity index is 1.88. The van der Waals surface area contributed by atoms with Crippen LogP contribution in [0.4, 0.5) is 5.82 Å². The first kappa shape index (κ1) is 13.9. The van der Waals surface area contributed by atoms with Crippen LogP contribution in [0.3, 0.4) is 0 Å². The summed E-state index contributed by atoms with van der Waals surface area (Å²) >= 11 is 0. The minimum absolute atomic E-state index is 0.0155. The summed E-state index contributed by atoms with van der Waals surface area (Å²) in [4.78, 5) is 12.9. The molecule has 1 N–H and O–H groups in total. The van der Waals surface area contributed by atoms with Crippen LogP contribution in [-0.4, -0.2) is 24.7 Å². The highest BCUT2D eigenvalue weighted by Gasteiger charge is 2.13. The molecule has 0 spiro atoms. The topological polar surface area (TPSA) is 92.3 Å². The van der Waals surface area contributed by atoms with Gasteiger partial charge in [-0.2, -0.15) is 10.4 Å². The molecular weight excluding hydrogens is 278 g/mol. The number of nitrogens with zero attached hydrogens (tertiary/aromatic N) is 6. The van der Waals surface area contributed by atoms with Crippen molar-refractivity contribution >= 4 is 16.9 Å². The number of anilines is 1. The van der Waals surface area contributed by atoms with Crippen molar-refractivity contribution in [2.24, 2.45) is 0 Å². The molecule has 0 aliphatic rings. The SMILES string of the molecule is CC(Nc1ncnc2c1cnn2CCC#N)c1ccccn1. The number of hydrogen-bond acceptors (Lipinski definition) is 6. The zero-order valence-corrected chi connectivity index (χ0v) is 12.1. The Morgan fingerprint density at radius 1 is 1.32 bits per heavy atom. The molecule has 7 nitrogen and oxygen atoms in total. The maximum Gasteiger partial charge on any atom is 0.163 e. The zero-order valence-electron chi connectivity index (χ0n) is 12.1. The van der Waals surface area contributed by atoms with E-state index in [1.165, 1.54) is 6.33 Å². The lowest BCUT2D eigenvalue weighted by atomic mass is 10.2. The number of aryl methyl sites for hydroxylation is 1. The number of nitriles is 1. The Bertz CT molecular complexity index is 804. The van der Waals surface area contributed by atoms with E-state index in [4.69, 9.17) is 5.26 Å². The van der Waals surface area contributed by atoms with E-state index in [-0.39, 0.29) is 6.04 Å². The fraction of sp³-hybridized carbons (Fsp3) is 0.267. The van der Waals surface area contributed by atoms with Crippen LogP contribution in [0.5, 0.6) is 0 Å². The summed E-state index contributed by atoms with van der Waals surface area (Å²) in [5.74, 6) is 0.714. The first-order valence-corrected chi connectivity index (χ1v) is 7.00. The Hall–Kier alpha value is -3.01. The van der Waals surface area contributed by atoms with Gasteiger partial charge in [-0.1, -0.05) is 6.07 Å². The van der Waals surface area contributed by atoms with E-state index in [0.717, 1.165) is 16.7 Å². The van der Waals surface area contributed by atoms with Gasteiger partial charge in [0.25, 0.3) is 0 Å². The maximum atomic E-state index is 8.69. The third-order valence-electron chi connectivity index (χ3n) is 3.35. The third kappa shape index (κ3) is 2.72. The molecule has 7 heteroatoms. The smallest absolute Gasteiger partial charge is 0.163 e. The summed E-state index contributed by atoms with van der Waals surface area (Å²) in [6.07, 6.45) is 5.39. The maximum absolute atomic E-state index is 8.69. The molecule has 0 saturated heterocycles. The molecule has 1 atom stereocenters. The van der Waals surface area contributed by atoms with E-state index < -0.39 is 0 Å². The molecule has 0 aliphatic carbocycles. The lowest BCUT2D eigenvalue weighted by Gasteiger charge is -2.14. The van der Waals surface area contributed by atoms with E-state index >= 15 is 0 Å². The van der Waals surface area contributed by atoms with Crippen LogP contribution >= 0.6 is 0 Å². The van der Waals surface area contributed by atoms with Crippen LogP contribution in [0.1, 0.15) is 25.1 Å². The number of nitrogens with one attached hydrogen (secondary N) is 1. The zero-order chi connectivity index (χ0) is 15.4. The Kier molecular flexibility index (Phi) is 3.92. The number of hydrogen-bond donors (Lipinski definition) is 1. The van der Waals surface area contributed by atoms with E-state index in [0.29, 0.717) is 18.8 Å². The highest BCUT2D eigenvalue weighted by molar-refractivity contribution is 5.86. The molecule has 3 aromatic rings. The van der Waals surface area contributed by atoms with Crippen molar-refractivity contribution in [2.45, 2.75) is 25.9 Å². The van der Waals surface area contributed by atoms with Gasteiger partial charge in [-0.25, -0.2) is 14.6 Å². The quantitative estimate of drug-likeness (QED) is 0.776. The number of pyridine rings is 1. The molecule has 0 radical (unpaired) electrons. The van der Waals surface area contributed by atoms with Crippen LogP contribution in [0.15, 0.2) is 36.9 Å². The first-order valence-electron chi connectivity index (χ1n) is 7.00. The second-order valence-corrected chi connectivity index (χ2v) is 4.86. The molecule has 0 bridgehead atoms. The van der Waals surface area contributed by atoms with Gasteiger partial charge in [0.15, 0.2) is 5.65 Å². The minimum atomic E-state index is 0.0155. The molecule has 22 heavy (non-hydrogen) atoms. The van der Waals surface area contributed by atoms with Crippen molar-refractivity contribution in [1.29, 1.82) is 5.26 Å². The van der Waals surface area contributed by atoms with Gasteiger partial charge in [-0.15, -0.1) is 0 Å². The normalized spacial score (nSPS) is 12.0. The molecule has 3 aromatic heterocycles. The van der Waals surface area contributed by atoms with Gasteiger partial charge in [0.05, 0.1) is 42.4 Å². The van der Waals surface area contributed by atoms with Gasteiger partial charge in [0.2, 0.25) is 0 Å². The summed E-state index contributed by atoms with van der Waals surface area (Å²) in [6.45, 7) is 2.54. The van der Waals surface area contributed by atoms with Crippen molar-refractivity contribution in [2.75, 3.05) is 5.32 Å². The molecule has 0 fully saturated rings. The van der Waals surface area contributed by atoms with Crippen molar-refractivity contribution in [1.82, 2.24) is 24.7 Å². The van der Waals surface area contributed by atoms with Crippen molar-refractivity contribution < 1.29 is 0 Å². The molecule has 0 aromatic carbocycles. The summed E-state index contributed by atoms with van der Waals surface area (Å²) in [5.41, 5.74) is 1.66. The molecule has 3 heterocycles. The molecule has 0 saturated carbocycles. The Morgan fingerprint density at radius 2 is 2.23 bits per heavy atom. The van der Waals surface area contributed by atoms with E-state index in [2.05, 4.69) is 31.4 Å². The lowest BCUT2D eigenvalue weighted by Crippen LogP contribution is -2.10. The third-order valence-corrected chi connectivity index (χ3v) is 3.35. The van der Waals surface area contributed by atoms with Gasteiger partial charge in [0, 0.05) is 6.20 Å². The van der Waals surface area contributed by atoms with E-state index in [1.807, 2.05) is 25.1 Å². The van der Waals surface area contributed by atoms with E-state index in [1.54, 1.807) is 17.1 Å². The largest absolute Gasteiger partial charge is 0.361 e.